The Balaban J connectivity index is 3.22. The van der Waals surface area contributed by atoms with Crippen molar-refractivity contribution in [3.8, 4) is 6.07 Å². The van der Waals surface area contributed by atoms with E-state index < -0.39 is 8.07 Å². The molecule has 0 aliphatic carbocycles. The minimum Gasteiger partial charge on any atom is -0.192 e. The Morgan fingerprint density at radius 2 is 2.00 bits per heavy atom. The van der Waals surface area contributed by atoms with Crippen LogP contribution in [0, 0.1) is 18.3 Å². The smallest absolute Gasteiger partial charge is 0.110 e. The van der Waals surface area contributed by atoms with E-state index in [0.717, 1.165) is 4.88 Å². The monoisotopic (exact) mass is 195 g/mol. The fraction of sp³-hybridized carbons (Fsp3) is 0.444. The zero-order chi connectivity index (χ0) is 9.35. The number of thiophene rings is 1. The third kappa shape index (κ3) is 1.60. The van der Waals surface area contributed by atoms with Gasteiger partial charge >= 0.3 is 0 Å². The maximum atomic E-state index is 8.77. The van der Waals surface area contributed by atoms with Crippen molar-refractivity contribution in [2.24, 2.45) is 0 Å². The largest absolute Gasteiger partial charge is 0.192 e. The van der Waals surface area contributed by atoms with Gasteiger partial charge in [0.2, 0.25) is 0 Å². The summed E-state index contributed by atoms with van der Waals surface area (Å²) in [5, 5.41) is 12.4. The second-order valence-corrected chi connectivity index (χ2v) is 9.88. The van der Waals surface area contributed by atoms with Gasteiger partial charge in [-0.25, -0.2) is 0 Å². The fourth-order valence-electron chi connectivity index (χ4n) is 1.27. The van der Waals surface area contributed by atoms with E-state index in [1.807, 2.05) is 0 Å². The first-order valence-electron chi connectivity index (χ1n) is 3.95. The first-order valence-corrected chi connectivity index (χ1v) is 8.33. The van der Waals surface area contributed by atoms with Crippen molar-refractivity contribution in [2.45, 2.75) is 26.6 Å². The molecule has 0 amide bonds. The molecule has 0 aliphatic rings. The minimum absolute atomic E-state index is 0.882. The molecule has 1 rings (SSSR count). The lowest BCUT2D eigenvalue weighted by molar-refractivity contribution is 1.47. The SMILES string of the molecule is Cc1c([Si](C)(C)C)csc1C#N. The van der Waals surface area contributed by atoms with Crippen LogP contribution >= 0.6 is 11.3 Å². The summed E-state index contributed by atoms with van der Waals surface area (Å²) in [7, 11) is -1.21. The molecule has 1 aromatic rings. The van der Waals surface area contributed by atoms with E-state index in [4.69, 9.17) is 5.26 Å². The van der Waals surface area contributed by atoms with E-state index in [0.29, 0.717) is 0 Å². The Bertz CT molecular complexity index is 327. The summed E-state index contributed by atoms with van der Waals surface area (Å²) in [5.41, 5.74) is 1.21. The molecule has 12 heavy (non-hydrogen) atoms. The van der Waals surface area contributed by atoms with Gasteiger partial charge in [0.25, 0.3) is 0 Å². The van der Waals surface area contributed by atoms with Gasteiger partial charge in [-0.15, -0.1) is 11.3 Å². The lowest BCUT2D eigenvalue weighted by Gasteiger charge is -2.15. The summed E-state index contributed by atoms with van der Waals surface area (Å²) in [5.74, 6) is 0. The molecule has 1 nitrogen and oxygen atoms in total. The summed E-state index contributed by atoms with van der Waals surface area (Å²) in [6.45, 7) is 8.98. The number of hydrogen-bond donors (Lipinski definition) is 0. The van der Waals surface area contributed by atoms with Crippen LogP contribution in [0.2, 0.25) is 19.6 Å². The van der Waals surface area contributed by atoms with E-state index >= 15 is 0 Å². The molecule has 0 unspecified atom stereocenters. The lowest BCUT2D eigenvalue weighted by atomic mass is 10.3. The molecule has 0 aliphatic heterocycles. The Labute approximate surface area is 78.7 Å². The Morgan fingerprint density at radius 3 is 2.25 bits per heavy atom. The third-order valence-electron chi connectivity index (χ3n) is 1.95. The molecular formula is C9H13NSSi. The molecule has 0 saturated carbocycles. The highest BCUT2D eigenvalue weighted by Gasteiger charge is 2.21. The average Bonchev–Trinajstić information content (AvgIpc) is 2.29. The van der Waals surface area contributed by atoms with Crippen LogP contribution < -0.4 is 5.19 Å². The van der Waals surface area contributed by atoms with Crippen molar-refractivity contribution < 1.29 is 0 Å². The molecule has 0 saturated heterocycles. The Morgan fingerprint density at radius 1 is 1.42 bits per heavy atom. The Kier molecular flexibility index (Phi) is 2.40. The topological polar surface area (TPSA) is 23.8 Å². The lowest BCUT2D eigenvalue weighted by Crippen LogP contribution is -2.38. The summed E-state index contributed by atoms with van der Waals surface area (Å²) >= 11 is 1.58. The molecule has 3 heteroatoms. The highest BCUT2D eigenvalue weighted by Crippen LogP contribution is 2.16. The number of rotatable bonds is 1. The standard InChI is InChI=1S/C9H13NSSi/c1-7-8(5-10)11-6-9(7)12(2,3)4/h6H,1-4H3. The van der Waals surface area contributed by atoms with Crippen molar-refractivity contribution in [1.29, 1.82) is 5.26 Å². The van der Waals surface area contributed by atoms with Crippen molar-refractivity contribution in [1.82, 2.24) is 0 Å². The van der Waals surface area contributed by atoms with Gasteiger partial charge < -0.3 is 0 Å². The van der Waals surface area contributed by atoms with E-state index in [9.17, 15) is 0 Å². The van der Waals surface area contributed by atoms with E-state index in [-0.39, 0.29) is 0 Å². The predicted molar refractivity (Wildman–Crippen MR) is 56.8 cm³/mol. The van der Waals surface area contributed by atoms with Crippen LogP contribution in [0.4, 0.5) is 0 Å². The molecule has 0 fully saturated rings. The van der Waals surface area contributed by atoms with E-state index in [2.05, 4.69) is 38.0 Å². The van der Waals surface area contributed by atoms with Gasteiger partial charge in [-0.2, -0.15) is 5.26 Å². The molecule has 0 aromatic carbocycles. The van der Waals surface area contributed by atoms with E-state index in [1.165, 1.54) is 10.8 Å². The molecule has 1 aromatic heterocycles. The number of hydrogen-bond acceptors (Lipinski definition) is 2. The van der Waals surface area contributed by atoms with Gasteiger partial charge in [-0.1, -0.05) is 19.6 Å². The zero-order valence-corrected chi connectivity index (χ0v) is 9.75. The molecule has 0 radical (unpaired) electrons. The molecule has 0 N–H and O–H groups in total. The molecule has 64 valence electrons. The van der Waals surface area contributed by atoms with Crippen molar-refractivity contribution in [3.63, 3.8) is 0 Å². The van der Waals surface area contributed by atoms with Crippen molar-refractivity contribution >= 4 is 24.6 Å². The van der Waals surface area contributed by atoms with Crippen LogP contribution in [0.1, 0.15) is 10.4 Å². The second kappa shape index (κ2) is 3.04. The normalized spacial score (nSPS) is 11.2. The highest BCUT2D eigenvalue weighted by atomic mass is 32.1. The summed E-state index contributed by atoms with van der Waals surface area (Å²) in [6, 6.07) is 2.23. The van der Waals surface area contributed by atoms with E-state index in [1.54, 1.807) is 11.3 Å². The summed E-state index contributed by atoms with van der Waals surface area (Å²) in [6.07, 6.45) is 0. The molecule has 0 spiro atoms. The number of nitriles is 1. The molecular weight excluding hydrogens is 182 g/mol. The zero-order valence-electron chi connectivity index (χ0n) is 7.93. The Hall–Kier alpha value is -0.593. The molecule has 0 bridgehead atoms. The van der Waals surface area contributed by atoms with Crippen molar-refractivity contribution in [3.05, 3.63) is 15.8 Å². The van der Waals surface area contributed by atoms with Crippen LogP contribution in [-0.2, 0) is 0 Å². The van der Waals surface area contributed by atoms with Gasteiger partial charge in [0, 0.05) is 0 Å². The van der Waals surface area contributed by atoms with Crippen LogP contribution in [-0.4, -0.2) is 8.07 Å². The fourth-order valence-corrected chi connectivity index (χ4v) is 4.95. The molecule has 0 atom stereocenters. The maximum Gasteiger partial charge on any atom is 0.110 e. The first-order chi connectivity index (χ1) is 5.46. The van der Waals surface area contributed by atoms with Crippen LogP contribution in [0.25, 0.3) is 0 Å². The van der Waals surface area contributed by atoms with Gasteiger partial charge in [0.05, 0.1) is 8.07 Å². The highest BCUT2D eigenvalue weighted by molar-refractivity contribution is 7.13. The average molecular weight is 195 g/mol. The number of nitrogens with zero attached hydrogens (tertiary/aromatic N) is 1. The first kappa shape index (κ1) is 9.49. The van der Waals surface area contributed by atoms with Gasteiger partial charge in [0.15, 0.2) is 0 Å². The van der Waals surface area contributed by atoms with Gasteiger partial charge in [-0.3, -0.25) is 0 Å². The predicted octanol–water partition coefficient (Wildman–Crippen LogP) is 2.47. The van der Waals surface area contributed by atoms with Crippen LogP contribution in [0.3, 0.4) is 0 Å². The third-order valence-corrected chi connectivity index (χ3v) is 5.28. The van der Waals surface area contributed by atoms with Crippen LogP contribution in [0.5, 0.6) is 0 Å². The second-order valence-electron chi connectivity index (χ2n) is 3.97. The summed E-state index contributed by atoms with van der Waals surface area (Å²) in [4.78, 5) is 0.882. The quantitative estimate of drug-likeness (QED) is 0.632. The van der Waals surface area contributed by atoms with Crippen molar-refractivity contribution in [2.75, 3.05) is 0 Å². The molecule has 1 heterocycles. The summed E-state index contributed by atoms with van der Waals surface area (Å²) < 4.78 is 0. The maximum absolute atomic E-state index is 8.77. The van der Waals surface area contributed by atoms with Crippen LogP contribution in [0.15, 0.2) is 5.38 Å². The minimum atomic E-state index is -1.21. The van der Waals surface area contributed by atoms with Gasteiger partial charge in [-0.05, 0) is 23.1 Å². The van der Waals surface area contributed by atoms with Gasteiger partial charge in [0.1, 0.15) is 10.9 Å².